The van der Waals surface area contributed by atoms with E-state index in [2.05, 4.69) is 23.7 Å². The van der Waals surface area contributed by atoms with Gasteiger partial charge in [0.1, 0.15) is 5.82 Å². The molecule has 1 aliphatic heterocycles. The Hall–Kier alpha value is -3.75. The van der Waals surface area contributed by atoms with E-state index in [0.29, 0.717) is 22.9 Å². The number of aryl methyl sites for hydroxylation is 2. The molecule has 1 fully saturated rings. The fourth-order valence-electron chi connectivity index (χ4n) is 5.69. The molecule has 4 aromatic rings. The summed E-state index contributed by atoms with van der Waals surface area (Å²) in [6.45, 7) is 15.6. The third-order valence-electron chi connectivity index (χ3n) is 8.02. The molecule has 2 aromatic heterocycles. The number of carbonyl (C=O) groups is 1. The number of benzene rings is 2. The Kier molecular flexibility index (Phi) is 9.57. The maximum absolute atomic E-state index is 13.4. The van der Waals surface area contributed by atoms with Crippen LogP contribution in [0.5, 0.6) is 0 Å². The van der Waals surface area contributed by atoms with Gasteiger partial charge in [-0.15, -0.1) is 12.4 Å². The number of ether oxygens (including phenoxy) is 1. The number of hydrogen-bond acceptors (Lipinski definition) is 6. The van der Waals surface area contributed by atoms with E-state index in [-0.39, 0.29) is 23.6 Å². The van der Waals surface area contributed by atoms with Crippen molar-refractivity contribution in [1.29, 1.82) is 0 Å². The first-order valence-electron chi connectivity index (χ1n) is 14.7. The van der Waals surface area contributed by atoms with Crippen LogP contribution >= 0.6 is 12.4 Å². The van der Waals surface area contributed by atoms with Crippen LogP contribution in [0.4, 0.5) is 10.1 Å². The van der Waals surface area contributed by atoms with Crippen molar-refractivity contribution in [1.82, 2.24) is 9.97 Å². The lowest BCUT2D eigenvalue weighted by Crippen LogP contribution is -2.39. The van der Waals surface area contributed by atoms with E-state index >= 15 is 0 Å². The van der Waals surface area contributed by atoms with E-state index in [4.69, 9.17) is 14.1 Å². The van der Waals surface area contributed by atoms with E-state index in [1.165, 1.54) is 12.1 Å². The third-order valence-corrected chi connectivity index (χ3v) is 8.02. The maximum atomic E-state index is 13.4. The smallest absolute Gasteiger partial charge is 0.337 e. The predicted molar refractivity (Wildman–Crippen MR) is 174 cm³/mol. The molecule has 9 heteroatoms. The van der Waals surface area contributed by atoms with Gasteiger partial charge in [-0.2, -0.15) is 0 Å². The van der Waals surface area contributed by atoms with Crippen molar-refractivity contribution in [2.24, 2.45) is 5.41 Å². The number of carboxylic acids is 1. The summed E-state index contributed by atoms with van der Waals surface area (Å²) in [5.41, 5.74) is 5.84. The number of hydrogen-bond donors (Lipinski definition) is 1. The standard InChI is InChI=1S/C35H40FN3O4.ClH/c1-21-28(24-8-10-25(11-9-24)32-37-20-27(42-32)23-12-14-26(36)15-13-23)30(39-18-16-35(6,7)17-19-39)29(22(2)38-21)31(33(40)41)43-34(3,4)5;/h8-15,20,31H,16-19H2,1-7H3,(H,40,41);1H/t31-;/m0./s1. The minimum absolute atomic E-state index is 0. The van der Waals surface area contributed by atoms with Crippen molar-refractivity contribution in [3.8, 4) is 33.9 Å². The highest BCUT2D eigenvalue weighted by Gasteiger charge is 2.36. The molecule has 2 aromatic carbocycles. The molecular weight excluding hydrogens is 581 g/mol. The maximum Gasteiger partial charge on any atom is 0.337 e. The second-order valence-electron chi connectivity index (χ2n) is 13.1. The fourth-order valence-corrected chi connectivity index (χ4v) is 5.69. The molecule has 0 radical (unpaired) electrons. The molecule has 3 heterocycles. The SMILES string of the molecule is Cc1nc(C)c([C@H](OC(C)(C)C)C(=O)O)c(N2CCC(C)(C)CC2)c1-c1ccc(-c2ncc(-c3ccc(F)cc3)o2)cc1.Cl. The Morgan fingerprint density at radius 3 is 2.11 bits per heavy atom. The minimum atomic E-state index is -1.17. The first kappa shape index (κ1) is 33.1. The molecule has 0 spiro atoms. The lowest BCUT2D eigenvalue weighted by atomic mass is 9.81. The molecule has 1 aliphatic rings. The summed E-state index contributed by atoms with van der Waals surface area (Å²) >= 11 is 0. The van der Waals surface area contributed by atoms with Crippen LogP contribution in [0, 0.1) is 25.1 Å². The van der Waals surface area contributed by atoms with E-state index in [9.17, 15) is 14.3 Å². The summed E-state index contributed by atoms with van der Waals surface area (Å²) in [6.07, 6.45) is 2.44. The second kappa shape index (κ2) is 12.7. The van der Waals surface area contributed by atoms with Crippen LogP contribution in [0.1, 0.15) is 70.5 Å². The van der Waals surface area contributed by atoms with Crippen molar-refractivity contribution in [3.05, 3.63) is 77.5 Å². The summed E-state index contributed by atoms with van der Waals surface area (Å²) in [7, 11) is 0. The normalized spacial score (nSPS) is 15.5. The van der Waals surface area contributed by atoms with Gasteiger partial charge in [-0.25, -0.2) is 14.2 Å². The monoisotopic (exact) mass is 621 g/mol. The van der Waals surface area contributed by atoms with Crippen molar-refractivity contribution in [2.45, 2.75) is 73.0 Å². The zero-order valence-electron chi connectivity index (χ0n) is 26.4. The molecule has 0 saturated carbocycles. The average molecular weight is 622 g/mol. The molecule has 1 saturated heterocycles. The largest absolute Gasteiger partial charge is 0.479 e. The first-order valence-corrected chi connectivity index (χ1v) is 14.7. The highest BCUT2D eigenvalue weighted by Crippen LogP contribution is 2.45. The second-order valence-corrected chi connectivity index (χ2v) is 13.1. The van der Waals surface area contributed by atoms with Crippen molar-refractivity contribution in [2.75, 3.05) is 18.0 Å². The molecular formula is C35H41ClFN3O4. The van der Waals surface area contributed by atoms with Gasteiger partial charge in [-0.05, 0) is 94.8 Å². The molecule has 7 nitrogen and oxygen atoms in total. The predicted octanol–water partition coefficient (Wildman–Crippen LogP) is 8.82. The van der Waals surface area contributed by atoms with Gasteiger partial charge >= 0.3 is 5.97 Å². The molecule has 234 valence electrons. The number of rotatable bonds is 7. The van der Waals surface area contributed by atoms with Crippen LogP contribution < -0.4 is 4.90 Å². The van der Waals surface area contributed by atoms with E-state index in [1.54, 1.807) is 18.3 Å². The summed E-state index contributed by atoms with van der Waals surface area (Å²) in [4.78, 5) is 24.3. The molecule has 0 amide bonds. The van der Waals surface area contributed by atoms with E-state index in [1.807, 2.05) is 58.9 Å². The number of oxazole rings is 1. The summed E-state index contributed by atoms with van der Waals surface area (Å²) in [6, 6.07) is 14.0. The lowest BCUT2D eigenvalue weighted by molar-refractivity contribution is -0.160. The average Bonchev–Trinajstić information content (AvgIpc) is 3.42. The highest BCUT2D eigenvalue weighted by atomic mass is 35.5. The quantitative estimate of drug-likeness (QED) is 0.220. The van der Waals surface area contributed by atoms with Gasteiger partial charge in [-0.1, -0.05) is 26.0 Å². The molecule has 1 atom stereocenters. The van der Waals surface area contributed by atoms with Gasteiger partial charge in [0.2, 0.25) is 5.89 Å². The highest BCUT2D eigenvalue weighted by molar-refractivity contribution is 5.88. The molecule has 0 aliphatic carbocycles. The van der Waals surface area contributed by atoms with Gasteiger partial charge in [0, 0.05) is 46.7 Å². The number of halogens is 2. The number of piperidine rings is 1. The van der Waals surface area contributed by atoms with Gasteiger partial charge in [0.05, 0.1) is 17.5 Å². The van der Waals surface area contributed by atoms with Crippen LogP contribution in [0.15, 0.2) is 59.1 Å². The van der Waals surface area contributed by atoms with Gasteiger partial charge < -0.3 is 19.2 Å². The van der Waals surface area contributed by atoms with Gasteiger partial charge in [-0.3, -0.25) is 4.98 Å². The molecule has 0 bridgehead atoms. The van der Waals surface area contributed by atoms with Crippen molar-refractivity contribution >= 4 is 24.1 Å². The Labute approximate surface area is 264 Å². The van der Waals surface area contributed by atoms with Crippen LogP contribution in [0.2, 0.25) is 0 Å². The van der Waals surface area contributed by atoms with Gasteiger partial charge in [0.15, 0.2) is 11.9 Å². The van der Waals surface area contributed by atoms with Crippen LogP contribution in [0.3, 0.4) is 0 Å². The summed E-state index contributed by atoms with van der Waals surface area (Å²) in [5.74, 6) is -0.343. The first-order chi connectivity index (χ1) is 20.2. The van der Waals surface area contributed by atoms with Crippen LogP contribution in [-0.4, -0.2) is 39.7 Å². The Morgan fingerprint density at radius 2 is 1.55 bits per heavy atom. The Balaban J connectivity index is 0.00000442. The number of nitrogens with zero attached hydrogens (tertiary/aromatic N) is 3. The Morgan fingerprint density at radius 1 is 0.977 bits per heavy atom. The lowest BCUT2D eigenvalue weighted by Gasteiger charge is -2.41. The number of anilines is 1. The van der Waals surface area contributed by atoms with Crippen LogP contribution in [0.25, 0.3) is 33.9 Å². The molecule has 1 N–H and O–H groups in total. The molecule has 0 unspecified atom stereocenters. The summed E-state index contributed by atoms with van der Waals surface area (Å²) < 4.78 is 25.6. The summed E-state index contributed by atoms with van der Waals surface area (Å²) in [5, 5.41) is 10.4. The minimum Gasteiger partial charge on any atom is -0.479 e. The zero-order valence-corrected chi connectivity index (χ0v) is 27.2. The number of aromatic nitrogens is 2. The topological polar surface area (TPSA) is 88.7 Å². The zero-order chi connectivity index (χ0) is 31.1. The Bertz CT molecular complexity index is 1620. The number of aliphatic carboxylic acids is 1. The van der Waals surface area contributed by atoms with Crippen molar-refractivity contribution in [3.63, 3.8) is 0 Å². The molecule has 5 rings (SSSR count). The van der Waals surface area contributed by atoms with E-state index < -0.39 is 17.7 Å². The molecule has 44 heavy (non-hydrogen) atoms. The fraction of sp³-hybridized carbons (Fsp3) is 0.400. The van der Waals surface area contributed by atoms with Crippen molar-refractivity contribution < 1.29 is 23.4 Å². The van der Waals surface area contributed by atoms with Crippen LogP contribution in [-0.2, 0) is 9.53 Å². The van der Waals surface area contributed by atoms with E-state index in [0.717, 1.165) is 59.6 Å². The van der Waals surface area contributed by atoms with Gasteiger partial charge in [0.25, 0.3) is 0 Å². The number of carboxylic acid groups (broad SMARTS) is 1. The third kappa shape index (κ3) is 7.13. The number of pyridine rings is 1.